The van der Waals surface area contributed by atoms with Crippen LogP contribution in [0.2, 0.25) is 5.15 Å². The van der Waals surface area contributed by atoms with E-state index in [1.54, 1.807) is 6.07 Å². The third kappa shape index (κ3) is 3.01. The van der Waals surface area contributed by atoms with E-state index in [0.717, 1.165) is 35.0 Å². The summed E-state index contributed by atoms with van der Waals surface area (Å²) in [6, 6.07) is 6.64. The fraction of sp³-hybridized carbons (Fsp3) is 0.278. The van der Waals surface area contributed by atoms with E-state index in [9.17, 15) is 9.18 Å². The van der Waals surface area contributed by atoms with Gasteiger partial charge in [-0.05, 0) is 36.5 Å². The molecule has 0 spiro atoms. The molecule has 4 rings (SSSR count). The average molecular weight is 371 g/mol. The van der Waals surface area contributed by atoms with E-state index in [0.29, 0.717) is 17.5 Å². The summed E-state index contributed by atoms with van der Waals surface area (Å²) in [5.41, 5.74) is 7.77. The zero-order chi connectivity index (χ0) is 18.3. The number of hydrogen-bond acceptors (Lipinski definition) is 4. The summed E-state index contributed by atoms with van der Waals surface area (Å²) in [4.78, 5) is 20.0. The predicted molar refractivity (Wildman–Crippen MR) is 101 cm³/mol. The first kappa shape index (κ1) is 17.2. The van der Waals surface area contributed by atoms with Gasteiger partial charge >= 0.3 is 0 Å². The van der Waals surface area contributed by atoms with E-state index in [1.165, 1.54) is 18.5 Å². The molecule has 0 amide bonds. The zero-order valence-corrected chi connectivity index (χ0v) is 14.8. The number of benzene rings is 1. The molecule has 2 N–H and O–H groups in total. The van der Waals surface area contributed by atoms with Crippen LogP contribution in [0.3, 0.4) is 0 Å². The van der Waals surface area contributed by atoms with Crippen molar-refractivity contribution in [1.82, 2.24) is 14.5 Å². The second-order valence-corrected chi connectivity index (χ2v) is 7.12. The van der Waals surface area contributed by atoms with Crippen molar-refractivity contribution in [3.8, 4) is 11.1 Å². The standard InChI is InChI=1S/C18H17BClFN4O/c20-17-16-14(11-2-1-3-12(21)7-11)8-25(18(16)24-9-23-17)13-4-10(5-13)6-15(26)19-22/h1-3,7-10,13,19H,4-6,22H2/t10-,13-. The third-order valence-corrected chi connectivity index (χ3v) is 5.33. The first-order valence-corrected chi connectivity index (χ1v) is 8.93. The first-order valence-electron chi connectivity index (χ1n) is 8.55. The number of nitrogens with two attached hydrogens (primary N) is 1. The molecule has 1 aromatic carbocycles. The lowest BCUT2D eigenvalue weighted by atomic mass is 9.72. The highest BCUT2D eigenvalue weighted by Gasteiger charge is 2.33. The Kier molecular flexibility index (Phi) is 4.50. The van der Waals surface area contributed by atoms with Gasteiger partial charge in [0.1, 0.15) is 28.6 Å². The maximum Gasteiger partial charge on any atom is 0.280 e. The Bertz CT molecular complexity index is 986. The monoisotopic (exact) mass is 370 g/mol. The van der Waals surface area contributed by atoms with Gasteiger partial charge in [0.2, 0.25) is 0 Å². The minimum absolute atomic E-state index is 0.0941. The molecule has 0 saturated heterocycles. The molecule has 1 fully saturated rings. The van der Waals surface area contributed by atoms with Crippen molar-refractivity contribution in [3.63, 3.8) is 0 Å². The van der Waals surface area contributed by atoms with Gasteiger partial charge in [-0.15, -0.1) is 0 Å². The number of fused-ring (bicyclic) bond motifs is 1. The van der Waals surface area contributed by atoms with E-state index < -0.39 is 0 Å². The van der Waals surface area contributed by atoms with Gasteiger partial charge in [-0.25, -0.2) is 14.4 Å². The highest BCUT2D eigenvalue weighted by Crippen LogP contribution is 2.44. The fourth-order valence-corrected chi connectivity index (χ4v) is 3.93. The van der Waals surface area contributed by atoms with Crippen LogP contribution in [0.15, 0.2) is 36.8 Å². The Hall–Kier alpha value is -2.25. The van der Waals surface area contributed by atoms with E-state index in [4.69, 9.17) is 17.2 Å². The minimum Gasteiger partial charge on any atom is -0.366 e. The van der Waals surface area contributed by atoms with E-state index in [-0.39, 0.29) is 25.0 Å². The summed E-state index contributed by atoms with van der Waals surface area (Å²) in [6.07, 6.45) is 5.70. The number of hydrogen-bond donors (Lipinski definition) is 1. The third-order valence-electron chi connectivity index (χ3n) is 5.05. The van der Waals surface area contributed by atoms with Crippen LogP contribution in [0.4, 0.5) is 4.39 Å². The molecule has 5 nitrogen and oxygen atoms in total. The molecule has 2 heterocycles. The summed E-state index contributed by atoms with van der Waals surface area (Å²) >= 11 is 6.33. The van der Waals surface area contributed by atoms with Crippen molar-refractivity contribution in [1.29, 1.82) is 0 Å². The topological polar surface area (TPSA) is 73.8 Å². The summed E-state index contributed by atoms with van der Waals surface area (Å²) in [5, 5.41) is 1.07. The van der Waals surface area contributed by atoms with Gasteiger partial charge in [0.15, 0.2) is 0 Å². The van der Waals surface area contributed by atoms with Crippen LogP contribution in [-0.4, -0.2) is 27.6 Å². The zero-order valence-electron chi connectivity index (χ0n) is 14.0. The van der Waals surface area contributed by atoms with Crippen LogP contribution in [0.1, 0.15) is 25.3 Å². The van der Waals surface area contributed by atoms with Crippen molar-refractivity contribution in [2.45, 2.75) is 25.3 Å². The van der Waals surface area contributed by atoms with E-state index in [1.807, 2.05) is 12.3 Å². The summed E-state index contributed by atoms with van der Waals surface area (Å²) in [5.74, 6) is 0.0452. The highest BCUT2D eigenvalue weighted by molar-refractivity contribution is 6.71. The van der Waals surface area contributed by atoms with Crippen LogP contribution in [-0.2, 0) is 4.79 Å². The maximum absolute atomic E-state index is 13.7. The molecule has 1 saturated carbocycles. The largest absolute Gasteiger partial charge is 0.366 e. The summed E-state index contributed by atoms with van der Waals surface area (Å²) in [7, 11) is 0.0974. The number of carbonyl (C=O) groups is 1. The summed E-state index contributed by atoms with van der Waals surface area (Å²) < 4.78 is 15.8. The van der Waals surface area contributed by atoms with Gasteiger partial charge in [0.05, 0.1) is 5.39 Å². The SMILES string of the molecule is NBC(=O)C[C@H]1C[C@H](n2cc(-c3cccc(F)c3)c3c(Cl)ncnc32)C1. The van der Waals surface area contributed by atoms with Gasteiger partial charge in [0, 0.05) is 24.2 Å². The molecule has 132 valence electrons. The quantitative estimate of drug-likeness (QED) is 0.553. The molecule has 1 aliphatic rings. The molecule has 0 aliphatic heterocycles. The summed E-state index contributed by atoms with van der Waals surface area (Å²) in [6.45, 7) is 0. The Morgan fingerprint density at radius 2 is 2.19 bits per heavy atom. The molecule has 26 heavy (non-hydrogen) atoms. The van der Waals surface area contributed by atoms with Gasteiger partial charge in [-0.3, -0.25) is 0 Å². The lowest BCUT2D eigenvalue weighted by Gasteiger charge is -2.36. The molecule has 1 aliphatic carbocycles. The molecular formula is C18H17BClFN4O. The lowest BCUT2D eigenvalue weighted by molar-refractivity contribution is -0.113. The van der Waals surface area contributed by atoms with E-state index in [2.05, 4.69) is 14.5 Å². The molecule has 2 aromatic heterocycles. The fourth-order valence-electron chi connectivity index (χ4n) is 3.70. The van der Waals surface area contributed by atoms with Crippen LogP contribution in [0, 0.1) is 11.7 Å². The van der Waals surface area contributed by atoms with Crippen molar-refractivity contribution >= 4 is 35.7 Å². The number of carbonyl (C=O) groups excluding carboxylic acids is 1. The van der Waals surface area contributed by atoms with E-state index >= 15 is 0 Å². The Morgan fingerprint density at radius 3 is 2.92 bits per heavy atom. The molecule has 0 unspecified atom stereocenters. The van der Waals surface area contributed by atoms with Crippen LogP contribution >= 0.6 is 11.6 Å². The molecular weight excluding hydrogens is 353 g/mol. The van der Waals surface area contributed by atoms with Crippen LogP contribution < -0.4 is 5.64 Å². The second-order valence-electron chi connectivity index (χ2n) is 6.76. The van der Waals surface area contributed by atoms with Gasteiger partial charge in [-0.2, -0.15) is 0 Å². The van der Waals surface area contributed by atoms with Crippen LogP contribution in [0.25, 0.3) is 22.2 Å². The highest BCUT2D eigenvalue weighted by atomic mass is 35.5. The number of rotatable bonds is 5. The molecule has 8 heteroatoms. The van der Waals surface area contributed by atoms with Gasteiger partial charge < -0.3 is 15.0 Å². The first-order chi connectivity index (χ1) is 12.6. The lowest BCUT2D eigenvalue weighted by Crippen LogP contribution is -2.31. The maximum atomic E-state index is 13.7. The molecule has 3 aromatic rings. The Balaban J connectivity index is 1.71. The Labute approximate surface area is 155 Å². The van der Waals surface area contributed by atoms with Crippen LogP contribution in [0.5, 0.6) is 0 Å². The number of nitrogens with zero attached hydrogens (tertiary/aromatic N) is 3. The predicted octanol–water partition coefficient (Wildman–Crippen LogP) is 3.07. The number of aromatic nitrogens is 3. The van der Waals surface area contributed by atoms with Crippen molar-refractivity contribution in [2.75, 3.05) is 0 Å². The Morgan fingerprint density at radius 1 is 1.38 bits per heavy atom. The average Bonchev–Trinajstić information content (AvgIpc) is 2.98. The second kappa shape index (κ2) is 6.81. The molecule has 0 radical (unpaired) electrons. The van der Waals surface area contributed by atoms with Gasteiger partial charge in [0.25, 0.3) is 7.41 Å². The normalized spacial score (nSPS) is 19.3. The van der Waals surface area contributed by atoms with Crippen molar-refractivity contribution in [3.05, 3.63) is 47.8 Å². The number of halogens is 2. The van der Waals surface area contributed by atoms with Crippen molar-refractivity contribution in [2.24, 2.45) is 11.6 Å². The van der Waals surface area contributed by atoms with Crippen molar-refractivity contribution < 1.29 is 9.18 Å². The molecule has 0 bridgehead atoms. The smallest absolute Gasteiger partial charge is 0.280 e. The van der Waals surface area contributed by atoms with Gasteiger partial charge in [-0.1, -0.05) is 23.7 Å². The minimum atomic E-state index is -0.305. The molecule has 0 atom stereocenters.